The Morgan fingerprint density at radius 3 is 2.80 bits per heavy atom. The van der Waals surface area contributed by atoms with Gasteiger partial charge in [-0.3, -0.25) is 0 Å². The van der Waals surface area contributed by atoms with Crippen LogP contribution in [0.1, 0.15) is 12.0 Å². The van der Waals surface area contributed by atoms with Crippen LogP contribution in [0, 0.1) is 6.92 Å². The van der Waals surface area contributed by atoms with Gasteiger partial charge in [-0.25, -0.2) is 4.79 Å². The number of nitrogens with one attached hydrogen (secondary N) is 2. The molecule has 0 unspecified atom stereocenters. The van der Waals surface area contributed by atoms with Crippen LogP contribution in [0.25, 0.3) is 0 Å². The molecule has 82 valence electrons. The standard InChI is InChI=1S/C11H17N3O/c1-9-5-2-3-6-10(9)14-11(15)13-8-4-7-12/h2-3,5-6H,4,7-8,12H2,1H3,(H2,13,14,15). The van der Waals surface area contributed by atoms with Crippen molar-refractivity contribution >= 4 is 11.7 Å². The minimum Gasteiger partial charge on any atom is -0.338 e. The van der Waals surface area contributed by atoms with E-state index < -0.39 is 0 Å². The number of hydrogen-bond acceptors (Lipinski definition) is 2. The average Bonchev–Trinajstić information content (AvgIpc) is 2.22. The maximum Gasteiger partial charge on any atom is 0.319 e. The second kappa shape index (κ2) is 6.03. The molecule has 0 atom stereocenters. The summed E-state index contributed by atoms with van der Waals surface area (Å²) < 4.78 is 0. The molecule has 0 spiro atoms. The molecule has 0 aliphatic carbocycles. The van der Waals surface area contributed by atoms with E-state index >= 15 is 0 Å². The summed E-state index contributed by atoms with van der Waals surface area (Å²) in [6.07, 6.45) is 0.793. The third-order valence-corrected chi connectivity index (χ3v) is 2.06. The summed E-state index contributed by atoms with van der Waals surface area (Å²) in [5.41, 5.74) is 7.20. The average molecular weight is 207 g/mol. The van der Waals surface area contributed by atoms with E-state index in [1.165, 1.54) is 0 Å². The number of urea groups is 1. The number of para-hydroxylation sites is 1. The fourth-order valence-corrected chi connectivity index (χ4v) is 1.18. The van der Waals surface area contributed by atoms with Crippen molar-refractivity contribution in [3.8, 4) is 0 Å². The number of nitrogens with two attached hydrogens (primary N) is 1. The van der Waals surface area contributed by atoms with E-state index in [1.807, 2.05) is 31.2 Å². The molecule has 0 heterocycles. The second-order valence-corrected chi connectivity index (χ2v) is 3.34. The summed E-state index contributed by atoms with van der Waals surface area (Å²) in [6, 6.07) is 7.47. The van der Waals surface area contributed by atoms with Crippen molar-refractivity contribution in [2.24, 2.45) is 5.73 Å². The largest absolute Gasteiger partial charge is 0.338 e. The maximum absolute atomic E-state index is 11.4. The molecule has 1 aromatic rings. The Labute approximate surface area is 89.9 Å². The summed E-state index contributed by atoms with van der Waals surface area (Å²) in [7, 11) is 0. The smallest absolute Gasteiger partial charge is 0.319 e. The lowest BCUT2D eigenvalue weighted by Gasteiger charge is -2.08. The Hall–Kier alpha value is -1.55. The highest BCUT2D eigenvalue weighted by atomic mass is 16.2. The highest BCUT2D eigenvalue weighted by molar-refractivity contribution is 5.89. The minimum atomic E-state index is -0.183. The number of hydrogen-bond donors (Lipinski definition) is 3. The Morgan fingerprint density at radius 2 is 2.13 bits per heavy atom. The number of anilines is 1. The molecule has 0 saturated heterocycles. The van der Waals surface area contributed by atoms with Gasteiger partial charge >= 0.3 is 6.03 Å². The lowest BCUT2D eigenvalue weighted by Crippen LogP contribution is -2.30. The molecule has 4 nitrogen and oxygen atoms in total. The topological polar surface area (TPSA) is 67.2 Å². The molecule has 1 rings (SSSR count). The Bertz CT molecular complexity index is 325. The van der Waals surface area contributed by atoms with Crippen LogP contribution in [0.3, 0.4) is 0 Å². The van der Waals surface area contributed by atoms with Gasteiger partial charge in [0.25, 0.3) is 0 Å². The lowest BCUT2D eigenvalue weighted by atomic mass is 10.2. The Morgan fingerprint density at radius 1 is 1.40 bits per heavy atom. The number of amides is 2. The summed E-state index contributed by atoms with van der Waals surface area (Å²) >= 11 is 0. The lowest BCUT2D eigenvalue weighted by molar-refractivity contribution is 0.252. The number of carbonyl (C=O) groups is 1. The number of carbonyl (C=O) groups excluding carboxylic acids is 1. The Kier molecular flexibility index (Phi) is 4.63. The number of aryl methyl sites for hydroxylation is 1. The van der Waals surface area contributed by atoms with Crippen LogP contribution >= 0.6 is 0 Å². The molecule has 4 N–H and O–H groups in total. The van der Waals surface area contributed by atoms with Crippen LogP contribution in [-0.4, -0.2) is 19.1 Å². The maximum atomic E-state index is 11.4. The summed E-state index contributed by atoms with van der Waals surface area (Å²) in [5, 5.41) is 5.51. The van der Waals surface area contributed by atoms with E-state index in [-0.39, 0.29) is 6.03 Å². The quantitative estimate of drug-likeness (QED) is 0.654. The van der Waals surface area contributed by atoms with Gasteiger partial charge in [-0.05, 0) is 31.5 Å². The molecule has 2 amide bonds. The first-order chi connectivity index (χ1) is 7.24. The van der Waals surface area contributed by atoms with Crippen molar-refractivity contribution in [2.75, 3.05) is 18.4 Å². The zero-order valence-corrected chi connectivity index (χ0v) is 8.92. The number of rotatable bonds is 4. The predicted molar refractivity (Wildman–Crippen MR) is 61.9 cm³/mol. The van der Waals surface area contributed by atoms with Crippen LogP contribution in [0.2, 0.25) is 0 Å². The van der Waals surface area contributed by atoms with E-state index in [0.717, 1.165) is 17.7 Å². The van der Waals surface area contributed by atoms with E-state index in [2.05, 4.69) is 10.6 Å². The van der Waals surface area contributed by atoms with Crippen molar-refractivity contribution in [3.05, 3.63) is 29.8 Å². The highest BCUT2D eigenvalue weighted by Crippen LogP contribution is 2.12. The van der Waals surface area contributed by atoms with Gasteiger partial charge < -0.3 is 16.4 Å². The highest BCUT2D eigenvalue weighted by Gasteiger charge is 2.01. The van der Waals surface area contributed by atoms with Crippen LogP contribution in [0.15, 0.2) is 24.3 Å². The molecule has 0 radical (unpaired) electrons. The van der Waals surface area contributed by atoms with Crippen LogP contribution in [-0.2, 0) is 0 Å². The summed E-state index contributed by atoms with van der Waals surface area (Å²) in [6.45, 7) is 3.15. The SMILES string of the molecule is Cc1ccccc1NC(=O)NCCCN. The van der Waals surface area contributed by atoms with Crippen molar-refractivity contribution in [1.82, 2.24) is 5.32 Å². The molecule has 0 aliphatic heterocycles. The molecule has 0 fully saturated rings. The van der Waals surface area contributed by atoms with Crippen LogP contribution in [0.4, 0.5) is 10.5 Å². The monoisotopic (exact) mass is 207 g/mol. The van der Waals surface area contributed by atoms with Gasteiger partial charge in [0, 0.05) is 12.2 Å². The molecule has 0 aromatic heterocycles. The van der Waals surface area contributed by atoms with Crippen molar-refractivity contribution in [2.45, 2.75) is 13.3 Å². The zero-order valence-electron chi connectivity index (χ0n) is 8.92. The minimum absolute atomic E-state index is 0.183. The molecule has 0 saturated carbocycles. The molecule has 0 aliphatic rings. The zero-order chi connectivity index (χ0) is 11.1. The molecular formula is C11H17N3O. The van der Waals surface area contributed by atoms with Gasteiger partial charge in [0.15, 0.2) is 0 Å². The van der Waals surface area contributed by atoms with Crippen LogP contribution in [0.5, 0.6) is 0 Å². The molecular weight excluding hydrogens is 190 g/mol. The van der Waals surface area contributed by atoms with Gasteiger partial charge in [0.1, 0.15) is 0 Å². The normalized spacial score (nSPS) is 9.73. The molecule has 1 aromatic carbocycles. The molecule has 4 heteroatoms. The Balaban J connectivity index is 2.41. The van der Waals surface area contributed by atoms with Gasteiger partial charge in [-0.1, -0.05) is 18.2 Å². The number of benzene rings is 1. The van der Waals surface area contributed by atoms with E-state index in [9.17, 15) is 4.79 Å². The van der Waals surface area contributed by atoms with Crippen molar-refractivity contribution < 1.29 is 4.79 Å². The van der Waals surface area contributed by atoms with Gasteiger partial charge in [0.05, 0.1) is 0 Å². The van der Waals surface area contributed by atoms with E-state index in [4.69, 9.17) is 5.73 Å². The first kappa shape index (κ1) is 11.5. The van der Waals surface area contributed by atoms with Gasteiger partial charge in [0.2, 0.25) is 0 Å². The molecule has 0 bridgehead atoms. The molecule has 15 heavy (non-hydrogen) atoms. The van der Waals surface area contributed by atoms with E-state index in [1.54, 1.807) is 0 Å². The fourth-order valence-electron chi connectivity index (χ4n) is 1.18. The first-order valence-electron chi connectivity index (χ1n) is 5.04. The predicted octanol–water partition coefficient (Wildman–Crippen LogP) is 1.47. The third-order valence-electron chi connectivity index (χ3n) is 2.06. The van der Waals surface area contributed by atoms with Gasteiger partial charge in [-0.15, -0.1) is 0 Å². The van der Waals surface area contributed by atoms with Gasteiger partial charge in [-0.2, -0.15) is 0 Å². The third kappa shape index (κ3) is 3.99. The first-order valence-corrected chi connectivity index (χ1v) is 5.04. The van der Waals surface area contributed by atoms with E-state index in [0.29, 0.717) is 13.1 Å². The fraction of sp³-hybridized carbons (Fsp3) is 0.364. The summed E-state index contributed by atoms with van der Waals surface area (Å²) in [4.78, 5) is 11.4. The van der Waals surface area contributed by atoms with Crippen LogP contribution < -0.4 is 16.4 Å². The van der Waals surface area contributed by atoms with Crippen molar-refractivity contribution in [3.63, 3.8) is 0 Å². The van der Waals surface area contributed by atoms with Crippen molar-refractivity contribution in [1.29, 1.82) is 0 Å². The second-order valence-electron chi connectivity index (χ2n) is 3.34. The summed E-state index contributed by atoms with van der Waals surface area (Å²) in [5.74, 6) is 0.